The number of amides is 1. The molecule has 162 valence electrons. The van der Waals surface area contributed by atoms with Gasteiger partial charge in [-0.05, 0) is 41.8 Å². The first-order valence-electron chi connectivity index (χ1n) is 9.73. The van der Waals surface area contributed by atoms with Gasteiger partial charge in [-0.3, -0.25) is 9.78 Å². The monoisotopic (exact) mass is 453 g/mol. The lowest BCUT2D eigenvalue weighted by Gasteiger charge is -2.15. The summed E-state index contributed by atoms with van der Waals surface area (Å²) in [5, 5.41) is 4.89. The van der Waals surface area contributed by atoms with Crippen LogP contribution in [0.15, 0.2) is 72.2 Å². The van der Waals surface area contributed by atoms with E-state index in [9.17, 15) is 18.0 Å². The average Bonchev–Trinajstić information content (AvgIpc) is 3.22. The Labute approximate surface area is 186 Å². The van der Waals surface area contributed by atoms with Crippen molar-refractivity contribution in [2.75, 3.05) is 5.32 Å². The molecule has 8 heteroatoms. The van der Waals surface area contributed by atoms with Gasteiger partial charge in [0.2, 0.25) is 5.91 Å². The zero-order valence-corrected chi connectivity index (χ0v) is 17.8. The largest absolute Gasteiger partial charge is 0.417 e. The van der Waals surface area contributed by atoms with Crippen LogP contribution in [0.4, 0.5) is 18.3 Å². The highest BCUT2D eigenvalue weighted by Crippen LogP contribution is 2.38. The normalized spacial score (nSPS) is 11.4. The summed E-state index contributed by atoms with van der Waals surface area (Å²) < 4.78 is 41.2. The summed E-state index contributed by atoms with van der Waals surface area (Å²) in [7, 11) is 0. The Kier molecular flexibility index (Phi) is 6.05. The van der Waals surface area contributed by atoms with E-state index in [4.69, 9.17) is 0 Å². The van der Waals surface area contributed by atoms with Crippen LogP contribution in [0.1, 0.15) is 16.8 Å². The van der Waals surface area contributed by atoms with Gasteiger partial charge in [-0.15, -0.1) is 11.3 Å². The van der Waals surface area contributed by atoms with Crippen LogP contribution in [-0.2, 0) is 17.4 Å². The second kappa shape index (κ2) is 8.92. The number of alkyl halides is 3. The first kappa shape index (κ1) is 21.7. The quantitative estimate of drug-likeness (QED) is 0.381. The standard InChI is InChI=1S/C24H18F3N3OS/c1-15-11-18(9-10-28-15)19-8-7-16(12-20(19)24(25,26)27)13-22(31)30-23-29-21(14-32-23)17-5-3-2-4-6-17/h2-12,14H,13H2,1H3,(H,29,30,31). The number of anilines is 1. The molecule has 1 N–H and O–H groups in total. The molecule has 0 aliphatic carbocycles. The number of aromatic nitrogens is 2. The van der Waals surface area contributed by atoms with E-state index in [0.29, 0.717) is 16.4 Å². The lowest BCUT2D eigenvalue weighted by atomic mass is 9.96. The first-order valence-corrected chi connectivity index (χ1v) is 10.6. The van der Waals surface area contributed by atoms with Crippen molar-refractivity contribution in [1.29, 1.82) is 0 Å². The summed E-state index contributed by atoms with van der Waals surface area (Å²) >= 11 is 1.26. The number of aryl methyl sites for hydroxylation is 1. The van der Waals surface area contributed by atoms with Gasteiger partial charge in [-0.25, -0.2) is 4.98 Å². The number of hydrogen-bond donors (Lipinski definition) is 1. The van der Waals surface area contributed by atoms with Crippen molar-refractivity contribution < 1.29 is 18.0 Å². The van der Waals surface area contributed by atoms with Crippen molar-refractivity contribution in [2.45, 2.75) is 19.5 Å². The van der Waals surface area contributed by atoms with Gasteiger partial charge in [0.25, 0.3) is 0 Å². The number of hydrogen-bond acceptors (Lipinski definition) is 4. The van der Waals surface area contributed by atoms with E-state index in [1.807, 2.05) is 35.7 Å². The third kappa shape index (κ3) is 5.03. The second-order valence-corrected chi connectivity index (χ2v) is 8.05. The van der Waals surface area contributed by atoms with Gasteiger partial charge in [0.15, 0.2) is 5.13 Å². The zero-order chi connectivity index (χ0) is 22.7. The van der Waals surface area contributed by atoms with Crippen LogP contribution < -0.4 is 5.32 Å². The average molecular weight is 453 g/mol. The summed E-state index contributed by atoms with van der Waals surface area (Å²) in [6.07, 6.45) is -3.28. The molecule has 4 aromatic rings. The molecule has 0 radical (unpaired) electrons. The van der Waals surface area contributed by atoms with Crippen molar-refractivity contribution in [3.05, 3.63) is 89.1 Å². The molecule has 1 amide bonds. The molecule has 0 bridgehead atoms. The molecule has 4 rings (SSSR count). The number of nitrogens with zero attached hydrogens (tertiary/aromatic N) is 2. The lowest BCUT2D eigenvalue weighted by molar-refractivity contribution is -0.137. The molecule has 2 heterocycles. The number of carbonyl (C=O) groups excluding carboxylic acids is 1. The van der Waals surface area contributed by atoms with Crippen LogP contribution in [0.5, 0.6) is 0 Å². The minimum atomic E-state index is -4.56. The highest BCUT2D eigenvalue weighted by atomic mass is 32.1. The minimum absolute atomic E-state index is 0.0552. The van der Waals surface area contributed by atoms with E-state index >= 15 is 0 Å². The highest BCUT2D eigenvalue weighted by molar-refractivity contribution is 7.14. The number of nitrogens with one attached hydrogen (secondary N) is 1. The molecule has 0 fully saturated rings. The Bertz CT molecular complexity index is 1250. The van der Waals surface area contributed by atoms with Crippen molar-refractivity contribution in [3.63, 3.8) is 0 Å². The Balaban J connectivity index is 1.53. The van der Waals surface area contributed by atoms with Crippen LogP contribution in [0.3, 0.4) is 0 Å². The molecular weight excluding hydrogens is 435 g/mol. The fraction of sp³-hybridized carbons (Fsp3) is 0.125. The van der Waals surface area contributed by atoms with Gasteiger partial charge >= 0.3 is 6.18 Å². The molecule has 0 atom stereocenters. The summed E-state index contributed by atoms with van der Waals surface area (Å²) in [4.78, 5) is 20.9. The number of benzene rings is 2. The number of thiazole rings is 1. The Morgan fingerprint density at radius 3 is 2.53 bits per heavy atom. The fourth-order valence-corrected chi connectivity index (χ4v) is 4.06. The molecule has 2 aromatic carbocycles. The smallest absolute Gasteiger partial charge is 0.302 e. The predicted octanol–water partition coefficient (Wildman–Crippen LogP) is 6.38. The van der Waals surface area contributed by atoms with Gasteiger partial charge in [-0.1, -0.05) is 42.5 Å². The minimum Gasteiger partial charge on any atom is -0.302 e. The topological polar surface area (TPSA) is 54.9 Å². The van der Waals surface area contributed by atoms with Crippen molar-refractivity contribution in [2.24, 2.45) is 0 Å². The van der Waals surface area contributed by atoms with E-state index in [2.05, 4.69) is 15.3 Å². The lowest BCUT2D eigenvalue weighted by Crippen LogP contribution is -2.15. The van der Waals surface area contributed by atoms with Gasteiger partial charge in [-0.2, -0.15) is 13.2 Å². The molecule has 2 aromatic heterocycles. The number of rotatable bonds is 5. The second-order valence-electron chi connectivity index (χ2n) is 7.19. The van der Waals surface area contributed by atoms with Gasteiger partial charge in [0.1, 0.15) is 0 Å². The molecule has 0 unspecified atom stereocenters. The van der Waals surface area contributed by atoms with E-state index in [-0.39, 0.29) is 17.5 Å². The number of pyridine rings is 1. The van der Waals surface area contributed by atoms with Gasteiger partial charge in [0.05, 0.1) is 17.7 Å². The van der Waals surface area contributed by atoms with Gasteiger partial charge in [0, 0.05) is 22.8 Å². The van der Waals surface area contributed by atoms with E-state index < -0.39 is 17.6 Å². The fourth-order valence-electron chi connectivity index (χ4n) is 3.32. The summed E-state index contributed by atoms with van der Waals surface area (Å²) in [6, 6.07) is 16.6. The first-order chi connectivity index (χ1) is 15.3. The third-order valence-electron chi connectivity index (χ3n) is 4.78. The van der Waals surface area contributed by atoms with Crippen molar-refractivity contribution in [1.82, 2.24) is 9.97 Å². The zero-order valence-electron chi connectivity index (χ0n) is 17.0. The van der Waals surface area contributed by atoms with Crippen LogP contribution >= 0.6 is 11.3 Å². The Hall–Kier alpha value is -3.52. The molecule has 32 heavy (non-hydrogen) atoms. The van der Waals surface area contributed by atoms with Crippen LogP contribution in [0.2, 0.25) is 0 Å². The maximum absolute atomic E-state index is 13.7. The molecule has 0 aliphatic heterocycles. The van der Waals surface area contributed by atoms with Crippen LogP contribution in [-0.4, -0.2) is 15.9 Å². The van der Waals surface area contributed by atoms with Crippen LogP contribution in [0, 0.1) is 6.92 Å². The van der Waals surface area contributed by atoms with Crippen LogP contribution in [0.25, 0.3) is 22.4 Å². The SMILES string of the molecule is Cc1cc(-c2ccc(CC(=O)Nc3nc(-c4ccccc4)cs3)cc2C(F)(F)F)ccn1. The molecule has 0 saturated heterocycles. The molecule has 0 saturated carbocycles. The molecule has 0 spiro atoms. The third-order valence-corrected chi connectivity index (χ3v) is 5.54. The van der Waals surface area contributed by atoms with Crippen molar-refractivity contribution >= 4 is 22.4 Å². The maximum atomic E-state index is 13.7. The summed E-state index contributed by atoms with van der Waals surface area (Å²) in [5.41, 5.74) is 2.23. The molecule has 4 nitrogen and oxygen atoms in total. The molecule has 0 aliphatic rings. The van der Waals surface area contributed by atoms with Crippen molar-refractivity contribution in [3.8, 4) is 22.4 Å². The number of halogens is 3. The van der Waals surface area contributed by atoms with E-state index in [1.54, 1.807) is 13.0 Å². The van der Waals surface area contributed by atoms with Gasteiger partial charge < -0.3 is 5.32 Å². The Morgan fingerprint density at radius 2 is 1.81 bits per heavy atom. The van der Waals surface area contributed by atoms with E-state index in [1.165, 1.54) is 35.7 Å². The highest BCUT2D eigenvalue weighted by Gasteiger charge is 2.34. The predicted molar refractivity (Wildman–Crippen MR) is 119 cm³/mol. The summed E-state index contributed by atoms with van der Waals surface area (Å²) in [5.74, 6) is -0.431. The summed E-state index contributed by atoms with van der Waals surface area (Å²) in [6.45, 7) is 1.72. The molecular formula is C24H18F3N3OS. The number of carbonyl (C=O) groups is 1. The van der Waals surface area contributed by atoms with E-state index in [0.717, 1.165) is 17.3 Å². The Morgan fingerprint density at radius 1 is 1.03 bits per heavy atom. The maximum Gasteiger partial charge on any atom is 0.417 e.